The number of nitrogens with zero attached hydrogens (tertiary/aromatic N) is 2. The van der Waals surface area contributed by atoms with E-state index in [0.717, 1.165) is 17.6 Å². The van der Waals surface area contributed by atoms with Crippen LogP contribution in [0.1, 0.15) is 30.1 Å². The van der Waals surface area contributed by atoms with Gasteiger partial charge in [0, 0.05) is 61.2 Å². The highest BCUT2D eigenvalue weighted by molar-refractivity contribution is 9.10. The lowest BCUT2D eigenvalue weighted by Crippen LogP contribution is -2.51. The summed E-state index contributed by atoms with van der Waals surface area (Å²) in [5.74, 6) is 0.137. The average molecular weight is 701 g/mol. The molecule has 1 amide bonds. The minimum atomic E-state index is -3.74. The predicted octanol–water partition coefficient (Wildman–Crippen LogP) is 3.78. The van der Waals surface area contributed by atoms with E-state index in [4.69, 9.17) is 24.3 Å². The van der Waals surface area contributed by atoms with E-state index in [-0.39, 0.29) is 29.6 Å². The van der Waals surface area contributed by atoms with Crippen LogP contribution in [0.3, 0.4) is 0 Å². The van der Waals surface area contributed by atoms with E-state index >= 15 is 0 Å². The zero-order chi connectivity index (χ0) is 31.7. The molecular weight excluding hydrogens is 662 g/mol. The Kier molecular flexibility index (Phi) is 11.3. The second-order valence-corrected chi connectivity index (χ2v) is 13.9. The molecule has 5 rings (SSSR count). The van der Waals surface area contributed by atoms with E-state index in [1.807, 2.05) is 24.3 Å². The lowest BCUT2D eigenvalue weighted by atomic mass is 9.85. The Morgan fingerprint density at radius 3 is 2.47 bits per heavy atom. The number of carbonyl (C=O) groups is 1. The van der Waals surface area contributed by atoms with Crippen LogP contribution in [-0.2, 0) is 24.1 Å². The van der Waals surface area contributed by atoms with Gasteiger partial charge >= 0.3 is 0 Å². The Morgan fingerprint density at radius 2 is 1.76 bits per heavy atom. The summed E-state index contributed by atoms with van der Waals surface area (Å²) in [6.07, 6.45) is -0.496. The molecule has 10 nitrogen and oxygen atoms in total. The number of halogens is 1. The molecule has 0 aliphatic carbocycles. The zero-order valence-corrected chi connectivity index (χ0v) is 27.3. The number of benzene rings is 3. The summed E-state index contributed by atoms with van der Waals surface area (Å²) in [6.45, 7) is 4.25. The first kappa shape index (κ1) is 33.1. The Balaban J connectivity index is 1.50. The molecule has 1 fully saturated rings. The van der Waals surface area contributed by atoms with Gasteiger partial charge < -0.3 is 24.6 Å². The number of morpholine rings is 1. The summed E-state index contributed by atoms with van der Waals surface area (Å²) in [5, 5.41) is 12.1. The maximum Gasteiger partial charge on any atom is 0.252 e. The van der Waals surface area contributed by atoms with Gasteiger partial charge in [-0.05, 0) is 42.5 Å². The molecule has 1 saturated heterocycles. The Morgan fingerprint density at radius 1 is 1.04 bits per heavy atom. The van der Waals surface area contributed by atoms with Crippen molar-refractivity contribution in [1.29, 1.82) is 0 Å². The lowest BCUT2D eigenvalue weighted by molar-refractivity contribution is -0.129. The van der Waals surface area contributed by atoms with Gasteiger partial charge in [-0.3, -0.25) is 9.69 Å². The fraction of sp³-hybridized carbons (Fsp3) is 0.394. The number of aliphatic imine (C=N–C) groups is 1. The van der Waals surface area contributed by atoms with E-state index in [9.17, 15) is 13.2 Å². The summed E-state index contributed by atoms with van der Waals surface area (Å²) in [7, 11) is -3.74. The molecule has 12 heteroatoms. The standard InChI is InChI=1S/C33H38BrN3O7S/c34-29-10-5-4-9-28(29)30-33(15-24-45(40,41)27-7-2-1-3-8-27,32(39)35-16-17-37-18-22-42-23-19-37)36-31(44-30)25-11-13-26(14-12-25)43-21-6-20-38/h1-5,7-14,30,38H,6,15-24H2,(H,35,39)/t30-,33-/m1/s1. The molecule has 45 heavy (non-hydrogen) atoms. The largest absolute Gasteiger partial charge is 0.494 e. The van der Waals surface area contributed by atoms with Gasteiger partial charge in [-0.15, -0.1) is 0 Å². The van der Waals surface area contributed by atoms with Crippen molar-refractivity contribution in [2.24, 2.45) is 4.99 Å². The normalized spacial score (nSPS) is 20.3. The molecule has 2 aliphatic rings. The van der Waals surface area contributed by atoms with Crippen molar-refractivity contribution in [3.05, 3.63) is 94.5 Å². The van der Waals surface area contributed by atoms with Gasteiger partial charge in [0.25, 0.3) is 5.91 Å². The molecular formula is C33H38BrN3O7S. The molecule has 2 N–H and O–H groups in total. The number of nitrogens with one attached hydrogen (secondary N) is 1. The van der Waals surface area contributed by atoms with Crippen LogP contribution in [0.15, 0.2) is 93.2 Å². The number of hydrogen-bond acceptors (Lipinski definition) is 9. The fourth-order valence-corrected chi connectivity index (χ4v) is 7.26. The van der Waals surface area contributed by atoms with Gasteiger partial charge in [-0.1, -0.05) is 52.3 Å². The van der Waals surface area contributed by atoms with Gasteiger partial charge in [0.05, 0.1) is 30.5 Å². The SMILES string of the molecule is O=C(NCCN1CCOCC1)[C@]1(CCS(=O)(=O)c2ccccc2)N=C(c2ccc(OCCCO)cc2)O[C@@H]1c1ccccc1Br. The van der Waals surface area contributed by atoms with Crippen LogP contribution in [0, 0.1) is 0 Å². The highest BCUT2D eigenvalue weighted by atomic mass is 79.9. The van der Waals surface area contributed by atoms with Crippen LogP contribution in [0.5, 0.6) is 5.75 Å². The number of ether oxygens (including phenoxy) is 3. The summed E-state index contributed by atoms with van der Waals surface area (Å²) in [5.41, 5.74) is -0.279. The van der Waals surface area contributed by atoms with Crippen LogP contribution in [-0.4, -0.2) is 94.1 Å². The van der Waals surface area contributed by atoms with Crippen molar-refractivity contribution in [3.63, 3.8) is 0 Å². The van der Waals surface area contributed by atoms with E-state index < -0.39 is 27.4 Å². The van der Waals surface area contributed by atoms with Crippen molar-refractivity contribution in [2.45, 2.75) is 29.4 Å². The third-order valence-electron chi connectivity index (χ3n) is 7.89. The first-order valence-corrected chi connectivity index (χ1v) is 17.5. The molecule has 2 aliphatic heterocycles. The monoisotopic (exact) mass is 699 g/mol. The average Bonchev–Trinajstić information content (AvgIpc) is 3.46. The zero-order valence-electron chi connectivity index (χ0n) is 24.9. The maximum absolute atomic E-state index is 14.3. The van der Waals surface area contributed by atoms with E-state index in [1.165, 1.54) is 0 Å². The number of aliphatic hydroxyl groups excluding tert-OH is 1. The number of carbonyl (C=O) groups excluding carboxylic acids is 1. The van der Waals surface area contributed by atoms with Crippen molar-refractivity contribution < 1.29 is 32.5 Å². The van der Waals surface area contributed by atoms with Gasteiger partial charge in [0.2, 0.25) is 5.90 Å². The molecule has 0 spiro atoms. The molecule has 0 saturated carbocycles. The van der Waals surface area contributed by atoms with E-state index in [2.05, 4.69) is 26.1 Å². The predicted molar refractivity (Wildman–Crippen MR) is 174 cm³/mol. The van der Waals surface area contributed by atoms with Crippen LogP contribution < -0.4 is 10.1 Å². The fourth-order valence-electron chi connectivity index (χ4n) is 5.38. The number of rotatable bonds is 14. The van der Waals surface area contributed by atoms with Crippen LogP contribution in [0.2, 0.25) is 0 Å². The Labute approximate surface area is 272 Å². The van der Waals surface area contributed by atoms with Crippen molar-refractivity contribution in [1.82, 2.24) is 10.2 Å². The van der Waals surface area contributed by atoms with E-state index in [0.29, 0.717) is 56.2 Å². The molecule has 3 aromatic carbocycles. The highest BCUT2D eigenvalue weighted by Gasteiger charge is 2.54. The van der Waals surface area contributed by atoms with Crippen molar-refractivity contribution >= 4 is 37.6 Å². The third-order valence-corrected chi connectivity index (χ3v) is 10.3. The van der Waals surface area contributed by atoms with Crippen molar-refractivity contribution in [2.75, 3.05) is 58.4 Å². The highest BCUT2D eigenvalue weighted by Crippen LogP contribution is 2.45. The molecule has 0 bridgehead atoms. The summed E-state index contributed by atoms with van der Waals surface area (Å²) >= 11 is 3.62. The first-order chi connectivity index (χ1) is 21.8. The molecule has 0 radical (unpaired) electrons. The van der Waals surface area contributed by atoms with Gasteiger partial charge in [0.1, 0.15) is 5.75 Å². The third kappa shape index (κ3) is 8.11. The summed E-state index contributed by atoms with van der Waals surface area (Å²) in [4.78, 5) is 21.7. The second kappa shape index (κ2) is 15.3. The summed E-state index contributed by atoms with van der Waals surface area (Å²) < 4.78 is 45.4. The Bertz CT molecular complexity index is 1560. The topological polar surface area (TPSA) is 127 Å². The molecule has 0 aromatic heterocycles. The van der Waals surface area contributed by atoms with Gasteiger partial charge in [0.15, 0.2) is 21.5 Å². The van der Waals surface area contributed by atoms with Gasteiger partial charge in [-0.2, -0.15) is 0 Å². The quantitative estimate of drug-likeness (QED) is 0.244. The first-order valence-electron chi connectivity index (χ1n) is 15.0. The molecule has 0 unspecified atom stereocenters. The molecule has 3 aromatic rings. The van der Waals surface area contributed by atoms with Crippen LogP contribution in [0.25, 0.3) is 0 Å². The lowest BCUT2D eigenvalue weighted by Gasteiger charge is -2.32. The molecule has 240 valence electrons. The second-order valence-electron chi connectivity index (χ2n) is 10.9. The minimum Gasteiger partial charge on any atom is -0.494 e. The van der Waals surface area contributed by atoms with E-state index in [1.54, 1.807) is 54.6 Å². The molecule has 2 heterocycles. The number of aliphatic hydroxyl groups is 1. The van der Waals surface area contributed by atoms with Crippen LogP contribution in [0.4, 0.5) is 0 Å². The number of amides is 1. The minimum absolute atomic E-state index is 0.0374. The van der Waals surface area contributed by atoms with Crippen LogP contribution >= 0.6 is 15.9 Å². The Hall–Kier alpha value is -3.29. The van der Waals surface area contributed by atoms with Crippen molar-refractivity contribution in [3.8, 4) is 5.75 Å². The number of hydrogen-bond donors (Lipinski definition) is 2. The smallest absolute Gasteiger partial charge is 0.252 e. The maximum atomic E-state index is 14.3. The number of sulfone groups is 1. The van der Waals surface area contributed by atoms with Gasteiger partial charge in [-0.25, -0.2) is 13.4 Å². The molecule has 2 atom stereocenters. The summed E-state index contributed by atoms with van der Waals surface area (Å²) in [6, 6.07) is 22.8.